The molecule has 4 nitrogen and oxygen atoms in total. The van der Waals surface area contributed by atoms with E-state index in [1.54, 1.807) is 0 Å². The first-order chi connectivity index (χ1) is 12.2. The number of anilines is 1. The fraction of sp³-hybridized carbons (Fsp3) is 0.381. The predicted octanol–water partition coefficient (Wildman–Crippen LogP) is 3.19. The lowest BCUT2D eigenvalue weighted by Crippen LogP contribution is -2.41. The van der Waals surface area contributed by atoms with Crippen LogP contribution in [-0.2, 0) is 11.2 Å². The summed E-state index contributed by atoms with van der Waals surface area (Å²) in [5, 5.41) is 3.07. The van der Waals surface area contributed by atoms with Crippen molar-refractivity contribution >= 4 is 11.6 Å². The smallest absolute Gasteiger partial charge is 0.226 e. The van der Waals surface area contributed by atoms with Gasteiger partial charge in [-0.2, -0.15) is 0 Å². The van der Waals surface area contributed by atoms with Crippen LogP contribution in [0.5, 0.6) is 5.75 Å². The lowest BCUT2D eigenvalue weighted by atomic mass is 9.96. The number of hydrogen-bond donors (Lipinski definition) is 1. The molecule has 25 heavy (non-hydrogen) atoms. The molecule has 2 aromatic carbocycles. The van der Waals surface area contributed by atoms with Crippen LogP contribution in [0, 0.1) is 12.8 Å². The molecular formula is C21H26N2O2. The van der Waals surface area contributed by atoms with Gasteiger partial charge in [0, 0.05) is 25.3 Å². The molecule has 0 saturated carbocycles. The Morgan fingerprint density at radius 1 is 1.24 bits per heavy atom. The minimum absolute atomic E-state index is 0.0785. The number of fused-ring (bicyclic) bond motifs is 1. The van der Waals surface area contributed by atoms with Crippen LogP contribution in [-0.4, -0.2) is 32.1 Å². The van der Waals surface area contributed by atoms with E-state index in [1.165, 1.54) is 11.3 Å². The normalized spacial score (nSPS) is 15.8. The highest BCUT2D eigenvalue weighted by Gasteiger charge is 2.25. The van der Waals surface area contributed by atoms with E-state index >= 15 is 0 Å². The Labute approximate surface area is 149 Å². The summed E-state index contributed by atoms with van der Waals surface area (Å²) >= 11 is 0. The summed E-state index contributed by atoms with van der Waals surface area (Å²) in [5.41, 5.74) is 3.56. The number of nitrogens with zero attached hydrogens (tertiary/aromatic N) is 1. The molecule has 0 spiro atoms. The number of likely N-dealkylation sites (N-methyl/N-ethyl adjacent to an activating group) is 1. The van der Waals surface area contributed by atoms with E-state index in [9.17, 15) is 4.79 Å². The summed E-state index contributed by atoms with van der Waals surface area (Å²) in [6, 6.07) is 16.4. The van der Waals surface area contributed by atoms with Gasteiger partial charge in [-0.05, 0) is 49.6 Å². The van der Waals surface area contributed by atoms with Crippen LogP contribution in [0.4, 0.5) is 5.69 Å². The molecular weight excluding hydrogens is 312 g/mol. The number of rotatable bonds is 6. The number of ether oxygens (including phenoxy) is 1. The summed E-state index contributed by atoms with van der Waals surface area (Å²) in [6.07, 6.45) is 0.747. The molecule has 4 heteroatoms. The fourth-order valence-electron chi connectivity index (χ4n) is 3.25. The SMILES string of the molecule is CCN(CCNC(=O)C1COc2ccccc2C1)c1cccc(C)c1. The number of aryl methyl sites for hydroxylation is 1. The topological polar surface area (TPSA) is 41.6 Å². The van der Waals surface area contributed by atoms with Gasteiger partial charge in [-0.3, -0.25) is 4.79 Å². The highest BCUT2D eigenvalue weighted by Crippen LogP contribution is 2.26. The number of carbonyl (C=O) groups is 1. The van der Waals surface area contributed by atoms with Crippen molar-refractivity contribution in [2.24, 2.45) is 5.92 Å². The van der Waals surface area contributed by atoms with Crippen molar-refractivity contribution < 1.29 is 9.53 Å². The van der Waals surface area contributed by atoms with Gasteiger partial charge >= 0.3 is 0 Å². The van der Waals surface area contributed by atoms with Gasteiger partial charge in [-0.15, -0.1) is 0 Å². The number of benzene rings is 2. The van der Waals surface area contributed by atoms with Crippen LogP contribution in [0.1, 0.15) is 18.1 Å². The van der Waals surface area contributed by atoms with Crippen LogP contribution in [0.15, 0.2) is 48.5 Å². The second-order valence-electron chi connectivity index (χ2n) is 6.53. The average molecular weight is 338 g/mol. The molecule has 0 saturated heterocycles. The maximum Gasteiger partial charge on any atom is 0.226 e. The van der Waals surface area contributed by atoms with Crippen molar-refractivity contribution in [2.45, 2.75) is 20.3 Å². The minimum atomic E-state index is -0.107. The van der Waals surface area contributed by atoms with Gasteiger partial charge < -0.3 is 15.0 Å². The summed E-state index contributed by atoms with van der Waals surface area (Å²) in [6.45, 7) is 7.04. The molecule has 0 radical (unpaired) electrons. The Morgan fingerprint density at radius 3 is 2.88 bits per heavy atom. The van der Waals surface area contributed by atoms with Crippen molar-refractivity contribution in [3.8, 4) is 5.75 Å². The zero-order valence-corrected chi connectivity index (χ0v) is 15.0. The lowest BCUT2D eigenvalue weighted by molar-refractivity contribution is -0.126. The molecule has 1 amide bonds. The van der Waals surface area contributed by atoms with Crippen molar-refractivity contribution in [3.05, 3.63) is 59.7 Å². The third-order valence-corrected chi connectivity index (χ3v) is 4.68. The van der Waals surface area contributed by atoms with Crippen LogP contribution >= 0.6 is 0 Å². The Balaban J connectivity index is 1.51. The Hall–Kier alpha value is -2.49. The van der Waals surface area contributed by atoms with Crippen LogP contribution in [0.2, 0.25) is 0 Å². The maximum absolute atomic E-state index is 12.5. The molecule has 0 fully saturated rings. The fourth-order valence-corrected chi connectivity index (χ4v) is 3.25. The van der Waals surface area contributed by atoms with Crippen LogP contribution < -0.4 is 15.0 Å². The molecule has 1 heterocycles. The molecule has 0 bridgehead atoms. The zero-order valence-electron chi connectivity index (χ0n) is 15.0. The monoisotopic (exact) mass is 338 g/mol. The zero-order chi connectivity index (χ0) is 17.6. The van der Waals surface area contributed by atoms with E-state index in [4.69, 9.17) is 4.74 Å². The first-order valence-electron chi connectivity index (χ1n) is 8.97. The van der Waals surface area contributed by atoms with E-state index in [0.29, 0.717) is 13.2 Å². The van der Waals surface area contributed by atoms with Gasteiger partial charge in [0.1, 0.15) is 12.4 Å². The van der Waals surface area contributed by atoms with E-state index in [2.05, 4.69) is 48.3 Å². The average Bonchev–Trinajstić information content (AvgIpc) is 2.64. The van der Waals surface area contributed by atoms with E-state index < -0.39 is 0 Å². The van der Waals surface area contributed by atoms with E-state index in [-0.39, 0.29) is 11.8 Å². The first-order valence-corrected chi connectivity index (χ1v) is 8.97. The number of hydrogen-bond acceptors (Lipinski definition) is 3. The number of para-hydroxylation sites is 1. The van der Waals surface area contributed by atoms with E-state index in [0.717, 1.165) is 30.8 Å². The quantitative estimate of drug-likeness (QED) is 0.879. The second kappa shape index (κ2) is 8.06. The third-order valence-electron chi connectivity index (χ3n) is 4.68. The summed E-state index contributed by atoms with van der Waals surface area (Å²) < 4.78 is 5.72. The van der Waals surface area contributed by atoms with Crippen molar-refractivity contribution in [3.63, 3.8) is 0 Å². The number of nitrogens with one attached hydrogen (secondary N) is 1. The van der Waals surface area contributed by atoms with Gasteiger partial charge in [0.2, 0.25) is 5.91 Å². The Bertz CT molecular complexity index is 729. The van der Waals surface area contributed by atoms with E-state index in [1.807, 2.05) is 24.3 Å². The summed E-state index contributed by atoms with van der Waals surface area (Å²) in [5.74, 6) is 0.877. The highest BCUT2D eigenvalue weighted by molar-refractivity contribution is 5.79. The standard InChI is InChI=1S/C21H26N2O2/c1-3-23(19-9-6-7-16(2)13-19)12-11-22-21(24)18-14-17-8-4-5-10-20(17)25-15-18/h4-10,13,18H,3,11-12,14-15H2,1-2H3,(H,22,24). The highest BCUT2D eigenvalue weighted by atomic mass is 16.5. The van der Waals surface area contributed by atoms with Gasteiger partial charge in [0.25, 0.3) is 0 Å². The molecule has 1 aliphatic rings. The lowest BCUT2D eigenvalue weighted by Gasteiger charge is -2.26. The largest absolute Gasteiger partial charge is 0.492 e. The number of amides is 1. The molecule has 2 aromatic rings. The minimum Gasteiger partial charge on any atom is -0.492 e. The van der Waals surface area contributed by atoms with Gasteiger partial charge in [0.15, 0.2) is 0 Å². The van der Waals surface area contributed by atoms with Crippen molar-refractivity contribution in [2.75, 3.05) is 31.1 Å². The van der Waals surface area contributed by atoms with Crippen molar-refractivity contribution in [1.29, 1.82) is 0 Å². The molecule has 3 rings (SSSR count). The van der Waals surface area contributed by atoms with Gasteiger partial charge in [-0.1, -0.05) is 30.3 Å². The maximum atomic E-state index is 12.5. The Kier molecular flexibility index (Phi) is 5.59. The molecule has 132 valence electrons. The molecule has 1 N–H and O–H groups in total. The molecule has 1 unspecified atom stereocenters. The molecule has 0 aromatic heterocycles. The molecule has 1 aliphatic heterocycles. The van der Waals surface area contributed by atoms with Crippen LogP contribution in [0.25, 0.3) is 0 Å². The molecule has 0 aliphatic carbocycles. The molecule has 1 atom stereocenters. The van der Waals surface area contributed by atoms with Gasteiger partial charge in [0.05, 0.1) is 5.92 Å². The van der Waals surface area contributed by atoms with Crippen molar-refractivity contribution in [1.82, 2.24) is 5.32 Å². The summed E-state index contributed by atoms with van der Waals surface area (Å²) in [4.78, 5) is 14.7. The predicted molar refractivity (Wildman–Crippen MR) is 101 cm³/mol. The second-order valence-corrected chi connectivity index (χ2v) is 6.53. The van der Waals surface area contributed by atoms with Crippen LogP contribution in [0.3, 0.4) is 0 Å². The summed E-state index contributed by atoms with van der Waals surface area (Å²) in [7, 11) is 0. The Morgan fingerprint density at radius 2 is 2.08 bits per heavy atom. The third kappa shape index (κ3) is 4.32. The number of carbonyl (C=O) groups excluding carboxylic acids is 1. The first kappa shape index (κ1) is 17.3. The van der Waals surface area contributed by atoms with Gasteiger partial charge in [-0.25, -0.2) is 0 Å².